The number of primary amides is 1. The Labute approximate surface area is 134 Å². The molecule has 3 rings (SSSR count). The van der Waals surface area contributed by atoms with Crippen molar-refractivity contribution < 1.29 is 9.53 Å². The van der Waals surface area contributed by atoms with Crippen molar-refractivity contribution in [3.8, 4) is 16.9 Å². The van der Waals surface area contributed by atoms with Gasteiger partial charge in [0.2, 0.25) is 5.91 Å². The standard InChI is InChI=1S/C19H18N2O2/c1-12(2)23-17-10-11-21-18-14(8-5-9-16(17)18)13-6-3-4-7-15(13)19(20)22/h3-12H,1-2H3,(H2,20,22). The number of rotatable bonds is 4. The molecule has 0 aliphatic rings. The third-order valence-electron chi connectivity index (χ3n) is 3.58. The van der Waals surface area contributed by atoms with Crippen molar-refractivity contribution in [2.24, 2.45) is 5.73 Å². The molecule has 2 aromatic carbocycles. The SMILES string of the molecule is CC(C)Oc1ccnc2c(-c3ccccc3C(N)=O)cccc12. The summed E-state index contributed by atoms with van der Waals surface area (Å²) >= 11 is 0. The molecule has 0 saturated heterocycles. The number of ether oxygens (including phenoxy) is 1. The van der Waals surface area contributed by atoms with E-state index >= 15 is 0 Å². The topological polar surface area (TPSA) is 65.2 Å². The van der Waals surface area contributed by atoms with Crippen LogP contribution in [0.3, 0.4) is 0 Å². The van der Waals surface area contributed by atoms with E-state index in [1.165, 1.54) is 0 Å². The zero-order valence-electron chi connectivity index (χ0n) is 13.1. The average molecular weight is 306 g/mol. The molecule has 0 fully saturated rings. The van der Waals surface area contributed by atoms with Crippen molar-refractivity contribution in [2.75, 3.05) is 0 Å². The smallest absolute Gasteiger partial charge is 0.249 e. The molecular weight excluding hydrogens is 288 g/mol. The molecule has 0 aliphatic heterocycles. The van der Waals surface area contributed by atoms with Crippen molar-refractivity contribution >= 4 is 16.8 Å². The normalized spacial score (nSPS) is 10.9. The largest absolute Gasteiger partial charge is 0.490 e. The molecule has 0 aliphatic carbocycles. The summed E-state index contributed by atoms with van der Waals surface area (Å²) in [7, 11) is 0. The highest BCUT2D eigenvalue weighted by Gasteiger charge is 2.14. The molecule has 0 spiro atoms. The van der Waals surface area contributed by atoms with Crippen molar-refractivity contribution in [3.05, 3.63) is 60.3 Å². The van der Waals surface area contributed by atoms with Gasteiger partial charge in [0.25, 0.3) is 0 Å². The van der Waals surface area contributed by atoms with Crippen LogP contribution in [0.15, 0.2) is 54.7 Å². The molecule has 0 atom stereocenters. The fourth-order valence-corrected chi connectivity index (χ4v) is 2.66. The van der Waals surface area contributed by atoms with Gasteiger partial charge in [0.1, 0.15) is 5.75 Å². The molecule has 4 nitrogen and oxygen atoms in total. The van der Waals surface area contributed by atoms with E-state index in [0.29, 0.717) is 5.56 Å². The monoisotopic (exact) mass is 306 g/mol. The van der Waals surface area contributed by atoms with Crippen LogP contribution in [0, 0.1) is 0 Å². The van der Waals surface area contributed by atoms with Gasteiger partial charge in [-0.05, 0) is 37.6 Å². The highest BCUT2D eigenvalue weighted by atomic mass is 16.5. The Bertz CT molecular complexity index is 872. The van der Waals surface area contributed by atoms with Gasteiger partial charge in [0.05, 0.1) is 11.6 Å². The second kappa shape index (κ2) is 6.08. The van der Waals surface area contributed by atoms with E-state index in [1.54, 1.807) is 18.3 Å². The summed E-state index contributed by atoms with van der Waals surface area (Å²) in [6.07, 6.45) is 1.79. The summed E-state index contributed by atoms with van der Waals surface area (Å²) in [6, 6.07) is 15.0. The number of carbonyl (C=O) groups is 1. The first-order valence-corrected chi connectivity index (χ1v) is 7.51. The quantitative estimate of drug-likeness (QED) is 0.797. The van der Waals surface area contributed by atoms with E-state index in [9.17, 15) is 4.79 Å². The summed E-state index contributed by atoms with van der Waals surface area (Å²) in [5, 5.41) is 0.915. The van der Waals surface area contributed by atoms with Crippen LogP contribution < -0.4 is 10.5 Å². The first-order valence-electron chi connectivity index (χ1n) is 7.51. The lowest BCUT2D eigenvalue weighted by Gasteiger charge is -2.14. The maximum Gasteiger partial charge on any atom is 0.249 e. The minimum atomic E-state index is -0.452. The number of benzene rings is 2. The van der Waals surface area contributed by atoms with Gasteiger partial charge in [0, 0.05) is 22.7 Å². The Balaban J connectivity index is 2.26. The molecule has 0 bridgehead atoms. The van der Waals surface area contributed by atoms with Gasteiger partial charge >= 0.3 is 0 Å². The minimum absolute atomic E-state index is 0.0714. The van der Waals surface area contributed by atoms with Crippen molar-refractivity contribution in [1.82, 2.24) is 4.98 Å². The van der Waals surface area contributed by atoms with Gasteiger partial charge in [-0.2, -0.15) is 0 Å². The number of nitrogens with zero attached hydrogens (tertiary/aromatic N) is 1. The van der Waals surface area contributed by atoms with Gasteiger partial charge in [0.15, 0.2) is 0 Å². The first-order chi connectivity index (χ1) is 11.1. The minimum Gasteiger partial charge on any atom is -0.490 e. The number of pyridine rings is 1. The summed E-state index contributed by atoms with van der Waals surface area (Å²) in [5.74, 6) is 0.329. The van der Waals surface area contributed by atoms with Gasteiger partial charge < -0.3 is 10.5 Å². The second-order valence-corrected chi connectivity index (χ2v) is 5.59. The highest BCUT2D eigenvalue weighted by Crippen LogP contribution is 2.33. The lowest BCUT2D eigenvalue weighted by molar-refractivity contribution is 0.100. The molecule has 1 aromatic heterocycles. The Hall–Kier alpha value is -2.88. The van der Waals surface area contributed by atoms with Crippen LogP contribution in [0.2, 0.25) is 0 Å². The number of aromatic nitrogens is 1. The summed E-state index contributed by atoms with van der Waals surface area (Å²) < 4.78 is 5.86. The number of carbonyl (C=O) groups excluding carboxylic acids is 1. The number of amides is 1. The number of hydrogen-bond donors (Lipinski definition) is 1. The third-order valence-corrected chi connectivity index (χ3v) is 3.58. The molecule has 1 heterocycles. The third kappa shape index (κ3) is 2.88. The van der Waals surface area contributed by atoms with Gasteiger partial charge in [-0.3, -0.25) is 9.78 Å². The summed E-state index contributed by atoms with van der Waals surface area (Å²) in [5.41, 5.74) is 8.43. The van der Waals surface area contributed by atoms with Crippen LogP contribution in [0.4, 0.5) is 0 Å². The lowest BCUT2D eigenvalue weighted by atomic mass is 9.97. The summed E-state index contributed by atoms with van der Waals surface area (Å²) in [6.45, 7) is 3.97. The molecule has 23 heavy (non-hydrogen) atoms. The lowest BCUT2D eigenvalue weighted by Crippen LogP contribution is -2.12. The van der Waals surface area contributed by atoms with Crippen molar-refractivity contribution in [2.45, 2.75) is 20.0 Å². The van der Waals surface area contributed by atoms with E-state index in [4.69, 9.17) is 10.5 Å². The Kier molecular flexibility index (Phi) is 3.98. The Morgan fingerprint density at radius 1 is 1.04 bits per heavy atom. The van der Waals surface area contributed by atoms with Crippen LogP contribution >= 0.6 is 0 Å². The van der Waals surface area contributed by atoms with E-state index < -0.39 is 5.91 Å². The highest BCUT2D eigenvalue weighted by molar-refractivity contribution is 6.05. The fraction of sp³-hybridized carbons (Fsp3) is 0.158. The van der Waals surface area contributed by atoms with Gasteiger partial charge in [-0.1, -0.05) is 30.3 Å². The molecule has 3 aromatic rings. The molecule has 116 valence electrons. The number of para-hydroxylation sites is 1. The maximum atomic E-state index is 11.7. The van der Waals surface area contributed by atoms with Gasteiger partial charge in [-0.25, -0.2) is 0 Å². The molecule has 0 radical (unpaired) electrons. The van der Waals surface area contributed by atoms with Crippen LogP contribution in [0.25, 0.3) is 22.0 Å². The predicted octanol–water partition coefficient (Wildman–Crippen LogP) is 3.79. The second-order valence-electron chi connectivity index (χ2n) is 5.59. The number of nitrogens with two attached hydrogens (primary N) is 1. The predicted molar refractivity (Wildman–Crippen MR) is 91.5 cm³/mol. The maximum absolute atomic E-state index is 11.7. The zero-order chi connectivity index (χ0) is 16.4. The number of fused-ring (bicyclic) bond motifs is 1. The molecular formula is C19H18N2O2. The van der Waals surface area contributed by atoms with Crippen molar-refractivity contribution in [3.63, 3.8) is 0 Å². The first kappa shape index (κ1) is 15.0. The van der Waals surface area contributed by atoms with Crippen LogP contribution in [0.1, 0.15) is 24.2 Å². The van der Waals surface area contributed by atoms with E-state index in [-0.39, 0.29) is 6.10 Å². The molecule has 4 heteroatoms. The Morgan fingerprint density at radius 3 is 2.52 bits per heavy atom. The summed E-state index contributed by atoms with van der Waals surface area (Å²) in [4.78, 5) is 16.2. The molecule has 2 N–H and O–H groups in total. The number of hydrogen-bond acceptors (Lipinski definition) is 3. The van der Waals surface area contributed by atoms with Crippen LogP contribution in [-0.2, 0) is 0 Å². The van der Waals surface area contributed by atoms with E-state index in [0.717, 1.165) is 27.8 Å². The molecule has 0 saturated carbocycles. The van der Waals surface area contributed by atoms with Crippen LogP contribution in [-0.4, -0.2) is 17.0 Å². The molecule has 0 unspecified atom stereocenters. The molecule has 1 amide bonds. The average Bonchev–Trinajstić information content (AvgIpc) is 2.54. The zero-order valence-corrected chi connectivity index (χ0v) is 13.1. The van der Waals surface area contributed by atoms with Gasteiger partial charge in [-0.15, -0.1) is 0 Å². The van der Waals surface area contributed by atoms with Crippen molar-refractivity contribution in [1.29, 1.82) is 0 Å². The Morgan fingerprint density at radius 2 is 1.78 bits per heavy atom. The van der Waals surface area contributed by atoms with E-state index in [2.05, 4.69) is 4.98 Å². The van der Waals surface area contributed by atoms with E-state index in [1.807, 2.05) is 50.2 Å². The fourth-order valence-electron chi connectivity index (χ4n) is 2.66. The van der Waals surface area contributed by atoms with Crippen LogP contribution in [0.5, 0.6) is 5.75 Å².